The Morgan fingerprint density at radius 3 is 1.22 bits per heavy atom. The molecule has 5 aliphatic heterocycles. The quantitative estimate of drug-likeness (QED) is 0.0331. The summed E-state index contributed by atoms with van der Waals surface area (Å²) in [5.41, 5.74) is 3.53. The Hall–Kier alpha value is -1.70. The summed E-state index contributed by atoms with van der Waals surface area (Å²) >= 11 is 0. The molecule has 4 atom stereocenters. The fourth-order valence-electron chi connectivity index (χ4n) is 19.3. The molecular weight excluding hydrogens is 1610 g/mol. The zero-order valence-electron chi connectivity index (χ0n) is 89.3. The highest BCUT2D eigenvalue weighted by molar-refractivity contribution is 5.01. The average Bonchev–Trinajstić information content (AvgIpc) is 1.77. The minimum atomic E-state index is 0.0472. The van der Waals surface area contributed by atoms with Crippen molar-refractivity contribution in [2.24, 2.45) is 35.0 Å². The van der Waals surface area contributed by atoms with E-state index in [9.17, 15) is 0 Å². The molecule has 21 nitrogen and oxygen atoms in total. The Morgan fingerprint density at radius 1 is 0.434 bits per heavy atom. The van der Waals surface area contributed by atoms with Crippen molar-refractivity contribution in [3.05, 3.63) is 12.3 Å². The minimum absolute atomic E-state index is 0.0472. The van der Waals surface area contributed by atoms with E-state index < -0.39 is 0 Å². The van der Waals surface area contributed by atoms with Gasteiger partial charge >= 0.3 is 0 Å². The van der Waals surface area contributed by atoms with Gasteiger partial charge in [-0.3, -0.25) is 19.6 Å². The monoisotopic (exact) mass is 1820 g/mol. The van der Waals surface area contributed by atoms with E-state index in [-0.39, 0.29) is 50.5 Å². The molecule has 14 aliphatic rings. The first kappa shape index (κ1) is 114. The summed E-state index contributed by atoms with van der Waals surface area (Å²) in [6.07, 6.45) is 44.8. The number of hydrogen-bond donors (Lipinski definition) is 8. The number of morpholine rings is 4. The van der Waals surface area contributed by atoms with E-state index in [1.54, 1.807) is 7.11 Å². The Morgan fingerprint density at radius 2 is 0.837 bits per heavy atom. The standard InChI is InChI=1S/C18H34N2.C14H29N3O.C14H26O.C13H26N2.C13H23N.C12H24N2O2.C12H26N2O2.C12H24N2O/c1-18(2,3)19-16-8-10-17(11-9-16)20(12-14-4-5-14)13-15-6-7-15;1-12(10-16(5)6)17-7-8-18-13(11-17)9-15-14(2,3)4;1-13(2,3)15-11-12-5-9-14(10-6-12)7-4-8-14;1-13(2,3)15-12-8-6-11(7-9-12)14-10-4-5-10;1-5-11-6-8-12(9-7-11)10-14-13(2,3)4;1-12(2,3)13-6-11-7-14(4-5-16-11)10-8-15-9-10;1-12(2,3)13-9-11-10-14(5-7-15-4)6-8-16-11;1-12(2,3)13-8-11-9-14(6-7-15-11)10-4-5-10/h14-17,19H,4-13H2,1-3H3;13,15H,1,7-11H2,2-6H3;12H,4-11H2,1-3H3;10-12,14-15H,4-9H2,1-3H3;1,11-12,14H,6-10H2,2-4H3;10-11,13H,4-9H2,1-3H3;11,13H,5-10H2,1-4H3;10-11,13H,4-9H2,1-3H3. The molecule has 8 N–H and O–H groups in total. The van der Waals surface area contributed by atoms with E-state index in [1.807, 2.05) is 0 Å². The van der Waals surface area contributed by atoms with Crippen LogP contribution in [0.15, 0.2) is 12.3 Å². The molecule has 5 heterocycles. The second kappa shape index (κ2) is 55.3. The maximum absolute atomic E-state index is 5.89. The molecule has 129 heavy (non-hydrogen) atoms. The van der Waals surface area contributed by atoms with Crippen LogP contribution in [0.25, 0.3) is 0 Å². The van der Waals surface area contributed by atoms with Crippen LogP contribution in [-0.4, -0.2) is 326 Å². The highest BCUT2D eigenvalue weighted by Crippen LogP contribution is 2.53. The lowest BCUT2D eigenvalue weighted by Crippen LogP contribution is -2.57. The summed E-state index contributed by atoms with van der Waals surface area (Å²) in [5.74, 6) is 7.23. The summed E-state index contributed by atoms with van der Waals surface area (Å²) in [6.45, 7) is 82.1. The third-order valence-electron chi connectivity index (χ3n) is 27.9. The van der Waals surface area contributed by atoms with Crippen molar-refractivity contribution in [2.75, 3.05) is 185 Å². The van der Waals surface area contributed by atoms with Crippen LogP contribution in [0.3, 0.4) is 0 Å². The third kappa shape index (κ3) is 53.9. The normalized spacial score (nSPS) is 27.9. The molecule has 21 heteroatoms. The molecule has 756 valence electrons. The molecule has 9 aliphatic carbocycles. The first-order valence-corrected chi connectivity index (χ1v) is 53.1. The highest BCUT2D eigenvalue weighted by Gasteiger charge is 2.42. The number of rotatable bonds is 29. The van der Waals surface area contributed by atoms with E-state index in [2.05, 4.69) is 265 Å². The van der Waals surface area contributed by atoms with Crippen molar-refractivity contribution in [2.45, 2.75) is 451 Å². The van der Waals surface area contributed by atoms with Gasteiger partial charge < -0.3 is 85.5 Å². The predicted molar refractivity (Wildman–Crippen MR) is 545 cm³/mol. The van der Waals surface area contributed by atoms with Gasteiger partial charge in [0.05, 0.1) is 88.9 Å². The van der Waals surface area contributed by atoms with Gasteiger partial charge in [-0.1, -0.05) is 13.0 Å². The molecule has 14 fully saturated rings. The number of nitrogens with zero attached hydrogens (tertiary/aromatic N) is 6. The molecule has 5 saturated heterocycles. The van der Waals surface area contributed by atoms with Gasteiger partial charge in [-0.25, -0.2) is 0 Å². The number of nitrogens with one attached hydrogen (secondary N) is 8. The van der Waals surface area contributed by atoms with E-state index in [4.69, 9.17) is 39.6 Å². The molecule has 0 aromatic heterocycles. The maximum atomic E-state index is 5.89. The fraction of sp³-hybridized carbons (Fsp3) is 0.963. The predicted octanol–water partition coefficient (Wildman–Crippen LogP) is 16.8. The van der Waals surface area contributed by atoms with Crippen molar-refractivity contribution in [3.63, 3.8) is 0 Å². The third-order valence-corrected chi connectivity index (χ3v) is 27.9. The maximum Gasteiger partial charge on any atom is 0.0874 e. The number of ether oxygens (including phenoxy) is 7. The van der Waals surface area contributed by atoms with Crippen molar-refractivity contribution in [1.29, 1.82) is 0 Å². The Kier molecular flexibility index (Phi) is 49.0. The summed E-state index contributed by atoms with van der Waals surface area (Å²) in [6, 6.07) is 5.62. The second-order valence-corrected chi connectivity index (χ2v) is 50.8. The smallest absolute Gasteiger partial charge is 0.0874 e. The van der Waals surface area contributed by atoms with Crippen LogP contribution in [0, 0.1) is 47.3 Å². The number of likely N-dealkylation sites (N-methyl/N-ethyl adjacent to an activating group) is 1. The van der Waals surface area contributed by atoms with Crippen LogP contribution >= 0.6 is 0 Å². The van der Waals surface area contributed by atoms with Crippen LogP contribution in [-0.2, 0) is 33.2 Å². The Balaban J connectivity index is 0.000000202. The molecule has 0 aromatic rings. The molecule has 0 aromatic carbocycles. The second-order valence-electron chi connectivity index (χ2n) is 50.8. The fourth-order valence-corrected chi connectivity index (χ4v) is 19.3. The Bertz CT molecular complexity index is 2980. The molecule has 4 unspecified atom stereocenters. The van der Waals surface area contributed by atoms with E-state index >= 15 is 0 Å². The molecule has 0 amide bonds. The summed E-state index contributed by atoms with van der Waals surface area (Å²) in [5, 5.41) is 28.9. The van der Waals surface area contributed by atoms with Gasteiger partial charge in [0.1, 0.15) is 0 Å². The van der Waals surface area contributed by atoms with E-state index in [0.29, 0.717) is 30.3 Å². The SMILES string of the molecule is C#CC1CCC(CNC(C)(C)C)CC1.C=C(CN(C)C)N1CCOC(CNC(C)(C)C)C1.CC(C)(C)NC1CCC(N(CC2CC2)CC2CC2)CC1.CC(C)(C)NC1CCC(NC2CC2)CC1.CC(C)(C)NCC1CN(C2CC2)CCO1.CC(C)(C)NCC1CN(C2COC2)CCO1.CC(C)(C)OCC1CCC2(CCC2)CC1.COCCN1CCOC(CNC(C)(C)C)C1. The van der Waals surface area contributed by atoms with Gasteiger partial charge in [0, 0.05) is 198 Å². The molecular formula is C108H212N14O7. The van der Waals surface area contributed by atoms with Gasteiger partial charge in [0.25, 0.3) is 0 Å². The van der Waals surface area contributed by atoms with Crippen LogP contribution in [0.2, 0.25) is 0 Å². The van der Waals surface area contributed by atoms with Crippen LogP contribution in [0.5, 0.6) is 0 Å². The molecule has 0 bridgehead atoms. The highest BCUT2D eigenvalue weighted by atomic mass is 16.5. The largest absolute Gasteiger partial charge is 0.383 e. The van der Waals surface area contributed by atoms with E-state index in [1.165, 1.54) is 192 Å². The first-order valence-electron chi connectivity index (χ1n) is 53.1. The number of methoxy groups -OCH3 is 1. The molecule has 9 saturated carbocycles. The van der Waals surface area contributed by atoms with Gasteiger partial charge in [-0.2, -0.15) is 0 Å². The van der Waals surface area contributed by atoms with Gasteiger partial charge in [0.2, 0.25) is 0 Å². The Labute approximate surface area is 796 Å². The molecule has 0 radical (unpaired) electrons. The molecule has 14 rings (SSSR count). The zero-order chi connectivity index (χ0) is 94.9. The lowest BCUT2D eigenvalue weighted by molar-refractivity contribution is -0.113. The van der Waals surface area contributed by atoms with Gasteiger partial charge in [-0.15, -0.1) is 12.3 Å². The molecule has 1 spiro atoms. The number of terminal acetylenes is 1. The zero-order valence-corrected chi connectivity index (χ0v) is 89.3. The lowest BCUT2D eigenvalue weighted by Gasteiger charge is -2.47. The topological polar surface area (TPSA) is 180 Å². The van der Waals surface area contributed by atoms with Crippen LogP contribution in [0.4, 0.5) is 0 Å². The van der Waals surface area contributed by atoms with Crippen molar-refractivity contribution < 1.29 is 33.2 Å². The average molecular weight is 1820 g/mol. The van der Waals surface area contributed by atoms with Crippen molar-refractivity contribution in [3.8, 4) is 12.3 Å². The van der Waals surface area contributed by atoms with Crippen molar-refractivity contribution in [1.82, 2.24) is 71.9 Å². The lowest BCUT2D eigenvalue weighted by atomic mass is 9.59. The first-order chi connectivity index (χ1) is 60.4. The van der Waals surface area contributed by atoms with Crippen LogP contribution < -0.4 is 42.5 Å². The van der Waals surface area contributed by atoms with Crippen molar-refractivity contribution >= 4 is 0 Å². The summed E-state index contributed by atoms with van der Waals surface area (Å²) < 4.78 is 39.3. The van der Waals surface area contributed by atoms with Gasteiger partial charge in [-0.05, 0) is 383 Å². The van der Waals surface area contributed by atoms with Gasteiger partial charge in [0.15, 0.2) is 0 Å². The van der Waals surface area contributed by atoms with E-state index in [0.717, 1.165) is 216 Å². The number of hydrogen-bond acceptors (Lipinski definition) is 21. The summed E-state index contributed by atoms with van der Waals surface area (Å²) in [4.78, 5) is 14.9. The minimum Gasteiger partial charge on any atom is -0.383 e. The summed E-state index contributed by atoms with van der Waals surface area (Å²) in [7, 11) is 5.90. The van der Waals surface area contributed by atoms with Crippen LogP contribution in [0.1, 0.15) is 340 Å².